The van der Waals surface area contributed by atoms with Gasteiger partial charge in [-0.3, -0.25) is 14.4 Å². The lowest BCUT2D eigenvalue weighted by Crippen LogP contribution is -2.31. The minimum absolute atomic E-state index is 0.228. The Morgan fingerprint density at radius 1 is 1.07 bits per heavy atom. The maximum atomic E-state index is 13.0. The quantitative estimate of drug-likeness (QED) is 0.428. The van der Waals surface area contributed by atoms with Gasteiger partial charge in [0, 0.05) is 44.2 Å². The van der Waals surface area contributed by atoms with Crippen LogP contribution in [0.25, 0.3) is 0 Å². The molecule has 216 valence electrons. The van der Waals surface area contributed by atoms with Crippen molar-refractivity contribution < 1.29 is 22.7 Å². The van der Waals surface area contributed by atoms with Crippen LogP contribution in [0.15, 0.2) is 54.7 Å². The Kier molecular flexibility index (Phi) is 10.2. The van der Waals surface area contributed by atoms with Gasteiger partial charge in [-0.1, -0.05) is 38.1 Å². The SMILES string of the molecule is CC(C)CN1CCOCCOc2ccc(C(=O)NCCn3nccc3NS(C)(=O)=O)cc2Cc2cccc(c2)C1. The highest BCUT2D eigenvalue weighted by Gasteiger charge is 2.15. The van der Waals surface area contributed by atoms with Crippen molar-refractivity contribution in [3.63, 3.8) is 0 Å². The van der Waals surface area contributed by atoms with Crippen molar-refractivity contribution >= 4 is 21.7 Å². The van der Waals surface area contributed by atoms with Crippen LogP contribution in [0.4, 0.5) is 5.82 Å². The highest BCUT2D eigenvalue weighted by atomic mass is 32.2. The molecular formula is C29H39N5O5S. The molecule has 1 aromatic heterocycles. The van der Waals surface area contributed by atoms with Crippen molar-refractivity contribution in [3.8, 4) is 5.75 Å². The fraction of sp³-hybridized carbons (Fsp3) is 0.448. The molecular weight excluding hydrogens is 530 g/mol. The molecule has 0 saturated heterocycles. The van der Waals surface area contributed by atoms with E-state index in [0.717, 1.165) is 42.8 Å². The summed E-state index contributed by atoms with van der Waals surface area (Å²) in [6.45, 7) is 9.34. The number of sulfonamides is 1. The fourth-order valence-corrected chi connectivity index (χ4v) is 5.29. The number of amides is 1. The number of nitrogens with one attached hydrogen (secondary N) is 2. The van der Waals surface area contributed by atoms with E-state index in [4.69, 9.17) is 9.47 Å². The van der Waals surface area contributed by atoms with E-state index in [-0.39, 0.29) is 12.5 Å². The van der Waals surface area contributed by atoms with E-state index in [1.807, 2.05) is 12.1 Å². The van der Waals surface area contributed by atoms with Crippen LogP contribution in [0.3, 0.4) is 0 Å². The van der Waals surface area contributed by atoms with Gasteiger partial charge in [-0.05, 0) is 40.8 Å². The molecule has 1 aliphatic rings. The van der Waals surface area contributed by atoms with E-state index < -0.39 is 10.0 Å². The minimum Gasteiger partial charge on any atom is -0.491 e. The van der Waals surface area contributed by atoms with E-state index in [1.54, 1.807) is 12.1 Å². The number of aromatic nitrogens is 2. The van der Waals surface area contributed by atoms with E-state index in [0.29, 0.717) is 50.1 Å². The first-order valence-corrected chi connectivity index (χ1v) is 15.5. The third-order valence-corrected chi connectivity index (χ3v) is 6.97. The third-order valence-electron chi connectivity index (χ3n) is 6.39. The first kappa shape index (κ1) is 29.6. The summed E-state index contributed by atoms with van der Waals surface area (Å²) in [7, 11) is -3.43. The zero-order valence-electron chi connectivity index (χ0n) is 23.4. The Bertz CT molecular complexity index is 1390. The number of hydrogen-bond acceptors (Lipinski definition) is 7. The number of anilines is 1. The van der Waals surface area contributed by atoms with Gasteiger partial charge in [-0.2, -0.15) is 5.10 Å². The van der Waals surface area contributed by atoms with Crippen molar-refractivity contribution in [2.45, 2.75) is 33.4 Å². The number of carbonyl (C=O) groups excluding carboxylic acids is 1. The smallest absolute Gasteiger partial charge is 0.251 e. The third kappa shape index (κ3) is 9.07. The second-order valence-electron chi connectivity index (χ2n) is 10.5. The van der Waals surface area contributed by atoms with Gasteiger partial charge in [0.15, 0.2) is 0 Å². The summed E-state index contributed by atoms with van der Waals surface area (Å²) in [6.07, 6.45) is 3.21. The number of rotatable bonds is 8. The van der Waals surface area contributed by atoms with Crippen LogP contribution in [0, 0.1) is 5.92 Å². The van der Waals surface area contributed by atoms with Gasteiger partial charge < -0.3 is 14.8 Å². The number of benzene rings is 2. The minimum atomic E-state index is -3.43. The van der Waals surface area contributed by atoms with Crippen molar-refractivity contribution in [2.24, 2.45) is 5.92 Å². The van der Waals surface area contributed by atoms with Crippen LogP contribution < -0.4 is 14.8 Å². The summed E-state index contributed by atoms with van der Waals surface area (Å²) in [5, 5.41) is 7.03. The zero-order valence-corrected chi connectivity index (χ0v) is 24.2. The highest BCUT2D eigenvalue weighted by Crippen LogP contribution is 2.25. The number of nitrogens with zero attached hydrogens (tertiary/aromatic N) is 3. The molecule has 0 atom stereocenters. The molecule has 2 bridgehead atoms. The van der Waals surface area contributed by atoms with Gasteiger partial charge in [0.25, 0.3) is 5.91 Å². The molecule has 1 aliphatic heterocycles. The molecule has 0 unspecified atom stereocenters. The number of ether oxygens (including phenoxy) is 2. The largest absolute Gasteiger partial charge is 0.491 e. The summed E-state index contributed by atoms with van der Waals surface area (Å²) in [5.41, 5.74) is 3.85. The van der Waals surface area contributed by atoms with Crippen LogP contribution in [0.5, 0.6) is 5.75 Å². The van der Waals surface area contributed by atoms with Crippen LogP contribution >= 0.6 is 0 Å². The average Bonchev–Trinajstić information content (AvgIpc) is 3.31. The molecule has 40 heavy (non-hydrogen) atoms. The average molecular weight is 570 g/mol. The fourth-order valence-electron chi connectivity index (χ4n) is 4.74. The van der Waals surface area contributed by atoms with Crippen LogP contribution in [-0.2, 0) is 34.3 Å². The number of fused-ring (bicyclic) bond motifs is 3. The first-order chi connectivity index (χ1) is 19.2. The maximum Gasteiger partial charge on any atom is 0.251 e. The van der Waals surface area contributed by atoms with Crippen LogP contribution in [-0.4, -0.2) is 74.7 Å². The molecule has 2 aromatic carbocycles. The molecule has 0 aliphatic carbocycles. The van der Waals surface area contributed by atoms with Crippen molar-refractivity contribution in [2.75, 3.05) is 50.4 Å². The van der Waals surface area contributed by atoms with Gasteiger partial charge in [0.2, 0.25) is 10.0 Å². The van der Waals surface area contributed by atoms with E-state index >= 15 is 0 Å². The predicted molar refractivity (Wildman–Crippen MR) is 155 cm³/mol. The number of carbonyl (C=O) groups is 1. The van der Waals surface area contributed by atoms with Gasteiger partial charge in [-0.15, -0.1) is 0 Å². The topological polar surface area (TPSA) is 115 Å². The Balaban J connectivity index is 1.47. The van der Waals surface area contributed by atoms with E-state index in [2.05, 4.69) is 58.2 Å². The second-order valence-corrected chi connectivity index (χ2v) is 12.2. The molecule has 11 heteroatoms. The first-order valence-electron chi connectivity index (χ1n) is 13.6. The van der Waals surface area contributed by atoms with Gasteiger partial charge >= 0.3 is 0 Å². The number of hydrogen-bond donors (Lipinski definition) is 2. The Morgan fingerprint density at radius 3 is 2.70 bits per heavy atom. The van der Waals surface area contributed by atoms with E-state index in [1.165, 1.54) is 16.4 Å². The van der Waals surface area contributed by atoms with Crippen molar-refractivity contribution in [1.29, 1.82) is 0 Å². The Labute approximate surface area is 236 Å². The van der Waals surface area contributed by atoms with Crippen molar-refractivity contribution in [3.05, 3.63) is 77.0 Å². The lowest BCUT2D eigenvalue weighted by molar-refractivity contribution is 0.0746. The summed E-state index contributed by atoms with van der Waals surface area (Å²) in [6, 6.07) is 15.6. The summed E-state index contributed by atoms with van der Waals surface area (Å²) in [4.78, 5) is 15.4. The molecule has 2 N–H and O–H groups in total. The monoisotopic (exact) mass is 569 g/mol. The molecule has 2 heterocycles. The summed E-state index contributed by atoms with van der Waals surface area (Å²) >= 11 is 0. The van der Waals surface area contributed by atoms with Gasteiger partial charge in [0.1, 0.15) is 18.2 Å². The Hall–Kier alpha value is -3.41. The standard InChI is InChI=1S/C29H39N5O5S/c1-22(2)20-33-13-14-38-15-16-39-27-8-7-25(19-26(27)18-23-5-4-6-24(17-23)21-33)29(35)30-11-12-34-28(9-10-31-34)32-40(3,36)37/h4-10,17,19,22,32H,11-16,18,20-21H2,1-3H3,(H,30,35). The predicted octanol–water partition coefficient (Wildman–Crippen LogP) is 3.14. The Morgan fingerprint density at radius 2 is 1.90 bits per heavy atom. The molecule has 10 nitrogen and oxygen atoms in total. The lowest BCUT2D eigenvalue weighted by Gasteiger charge is -2.25. The maximum absolute atomic E-state index is 13.0. The molecule has 3 aromatic rings. The summed E-state index contributed by atoms with van der Waals surface area (Å²) < 4.78 is 39.0. The molecule has 0 saturated carbocycles. The van der Waals surface area contributed by atoms with E-state index in [9.17, 15) is 13.2 Å². The molecule has 0 radical (unpaired) electrons. The lowest BCUT2D eigenvalue weighted by atomic mass is 9.99. The molecule has 1 amide bonds. The van der Waals surface area contributed by atoms with Crippen molar-refractivity contribution in [1.82, 2.24) is 20.0 Å². The summed E-state index contributed by atoms with van der Waals surface area (Å²) in [5.74, 6) is 1.41. The highest BCUT2D eigenvalue weighted by molar-refractivity contribution is 7.92. The second kappa shape index (κ2) is 13.8. The molecule has 4 rings (SSSR count). The van der Waals surface area contributed by atoms with Gasteiger partial charge in [-0.25, -0.2) is 13.1 Å². The molecule has 0 spiro atoms. The van der Waals surface area contributed by atoms with Crippen LogP contribution in [0.1, 0.15) is 40.9 Å². The zero-order chi connectivity index (χ0) is 28.5. The van der Waals surface area contributed by atoms with Crippen LogP contribution in [0.2, 0.25) is 0 Å². The molecule has 0 fully saturated rings. The van der Waals surface area contributed by atoms with Gasteiger partial charge in [0.05, 0.1) is 32.2 Å². The normalized spacial score (nSPS) is 15.1.